The van der Waals surface area contributed by atoms with Crippen molar-refractivity contribution in [3.05, 3.63) is 34.6 Å². The third-order valence-electron chi connectivity index (χ3n) is 3.75. The van der Waals surface area contributed by atoms with Crippen LogP contribution in [0.3, 0.4) is 0 Å². The monoisotopic (exact) mass is 272 g/mol. The van der Waals surface area contributed by atoms with Crippen molar-refractivity contribution in [2.75, 3.05) is 7.11 Å². The molecule has 0 heterocycles. The van der Waals surface area contributed by atoms with Gasteiger partial charge < -0.3 is 9.84 Å². The highest BCUT2D eigenvalue weighted by molar-refractivity contribution is 6.30. The van der Waals surface area contributed by atoms with E-state index >= 15 is 0 Å². The summed E-state index contributed by atoms with van der Waals surface area (Å²) in [4.78, 5) is 0. The van der Waals surface area contributed by atoms with Gasteiger partial charge in [-0.25, -0.2) is 4.39 Å². The molecule has 0 radical (unpaired) electrons. The lowest BCUT2D eigenvalue weighted by Gasteiger charge is -2.35. The molecule has 18 heavy (non-hydrogen) atoms. The Labute approximate surface area is 112 Å². The number of methoxy groups -OCH3 is 1. The van der Waals surface area contributed by atoms with Crippen molar-refractivity contribution in [3.8, 4) is 0 Å². The maximum Gasteiger partial charge on any atom is 0.145 e. The lowest BCUT2D eigenvalue weighted by atomic mass is 9.79. The van der Waals surface area contributed by atoms with Gasteiger partial charge in [-0.2, -0.15) is 0 Å². The van der Waals surface area contributed by atoms with E-state index in [1.807, 2.05) is 0 Å². The van der Waals surface area contributed by atoms with Crippen LogP contribution in [0.1, 0.15) is 31.2 Å². The molecule has 4 heteroatoms. The molecule has 0 aliphatic heterocycles. The van der Waals surface area contributed by atoms with Gasteiger partial charge in [-0.1, -0.05) is 23.7 Å². The molecule has 0 bridgehead atoms. The highest BCUT2D eigenvalue weighted by Crippen LogP contribution is 2.33. The minimum atomic E-state index is -0.833. The molecule has 0 spiro atoms. The van der Waals surface area contributed by atoms with Crippen molar-refractivity contribution in [1.82, 2.24) is 0 Å². The molecule has 1 saturated carbocycles. The van der Waals surface area contributed by atoms with Crippen molar-refractivity contribution < 1.29 is 14.2 Å². The summed E-state index contributed by atoms with van der Waals surface area (Å²) in [6, 6.07) is 4.92. The average Bonchev–Trinajstić information content (AvgIpc) is 2.36. The van der Waals surface area contributed by atoms with E-state index in [0.717, 1.165) is 12.8 Å². The van der Waals surface area contributed by atoms with E-state index in [9.17, 15) is 9.50 Å². The van der Waals surface area contributed by atoms with E-state index in [1.54, 1.807) is 19.2 Å². The Morgan fingerprint density at radius 2 is 2.11 bits per heavy atom. The highest BCUT2D eigenvalue weighted by atomic mass is 35.5. The highest BCUT2D eigenvalue weighted by Gasteiger charge is 2.34. The molecular formula is C14H18ClFO2. The zero-order chi connectivity index (χ0) is 13.2. The predicted molar refractivity (Wildman–Crippen MR) is 69.3 cm³/mol. The summed E-state index contributed by atoms with van der Waals surface area (Å²) in [5, 5.41) is 10.6. The number of hydrogen-bond acceptors (Lipinski definition) is 2. The van der Waals surface area contributed by atoms with E-state index in [4.69, 9.17) is 16.3 Å². The van der Waals surface area contributed by atoms with Crippen LogP contribution in [0, 0.1) is 5.82 Å². The molecule has 2 rings (SSSR count). The Bertz CT molecular complexity index is 414. The first-order valence-corrected chi connectivity index (χ1v) is 6.60. The van der Waals surface area contributed by atoms with Gasteiger partial charge >= 0.3 is 0 Å². The van der Waals surface area contributed by atoms with Crippen LogP contribution in [-0.2, 0) is 11.2 Å². The molecule has 1 aromatic carbocycles. The van der Waals surface area contributed by atoms with E-state index in [-0.39, 0.29) is 11.1 Å². The lowest BCUT2D eigenvalue weighted by Crippen LogP contribution is -2.38. The lowest BCUT2D eigenvalue weighted by molar-refractivity contribution is -0.0431. The second-order valence-electron chi connectivity index (χ2n) is 5.05. The van der Waals surface area contributed by atoms with Crippen molar-refractivity contribution in [2.24, 2.45) is 0 Å². The normalized spacial score (nSPS) is 28.3. The van der Waals surface area contributed by atoms with Crippen molar-refractivity contribution in [2.45, 2.75) is 43.8 Å². The van der Waals surface area contributed by atoms with Crippen molar-refractivity contribution in [1.29, 1.82) is 0 Å². The van der Waals surface area contributed by atoms with Gasteiger partial charge in [0, 0.05) is 13.5 Å². The molecular weight excluding hydrogens is 255 g/mol. The van der Waals surface area contributed by atoms with Crippen LogP contribution < -0.4 is 0 Å². The molecule has 1 aliphatic carbocycles. The summed E-state index contributed by atoms with van der Waals surface area (Å²) in [7, 11) is 1.69. The van der Waals surface area contributed by atoms with Gasteiger partial charge in [-0.15, -0.1) is 0 Å². The summed E-state index contributed by atoms with van der Waals surface area (Å²) in [5.41, 5.74) is -0.346. The maximum atomic E-state index is 13.8. The molecule has 0 saturated heterocycles. The smallest absolute Gasteiger partial charge is 0.145 e. The van der Waals surface area contributed by atoms with Gasteiger partial charge in [0.1, 0.15) is 5.82 Å². The second kappa shape index (κ2) is 5.55. The van der Waals surface area contributed by atoms with Crippen LogP contribution in [-0.4, -0.2) is 23.9 Å². The van der Waals surface area contributed by atoms with Gasteiger partial charge in [0.15, 0.2) is 0 Å². The average molecular weight is 273 g/mol. The molecule has 1 fully saturated rings. The predicted octanol–water partition coefficient (Wildman–Crippen LogP) is 3.34. The summed E-state index contributed by atoms with van der Waals surface area (Å²) in [5.74, 6) is -0.415. The topological polar surface area (TPSA) is 29.5 Å². The molecule has 1 N–H and O–H groups in total. The van der Waals surface area contributed by atoms with Crippen LogP contribution in [0.25, 0.3) is 0 Å². The largest absolute Gasteiger partial charge is 0.390 e. The van der Waals surface area contributed by atoms with Crippen molar-refractivity contribution >= 4 is 11.6 Å². The summed E-state index contributed by atoms with van der Waals surface area (Å²) < 4.78 is 19.1. The number of ether oxygens (including phenoxy) is 1. The number of hydrogen-bond donors (Lipinski definition) is 1. The molecule has 0 amide bonds. The van der Waals surface area contributed by atoms with Gasteiger partial charge in [-0.05, 0) is 37.3 Å². The van der Waals surface area contributed by atoms with E-state index in [0.29, 0.717) is 24.8 Å². The van der Waals surface area contributed by atoms with Crippen LogP contribution in [0.4, 0.5) is 4.39 Å². The molecule has 0 unspecified atom stereocenters. The third kappa shape index (κ3) is 3.02. The fraction of sp³-hybridized carbons (Fsp3) is 0.571. The Hall–Kier alpha value is -0.640. The molecule has 1 aliphatic rings. The van der Waals surface area contributed by atoms with Gasteiger partial charge in [0.25, 0.3) is 0 Å². The van der Waals surface area contributed by atoms with Gasteiger partial charge in [-0.3, -0.25) is 0 Å². The van der Waals surface area contributed by atoms with Gasteiger partial charge in [0.2, 0.25) is 0 Å². The molecule has 2 nitrogen and oxygen atoms in total. The first kappa shape index (κ1) is 13.8. The van der Waals surface area contributed by atoms with Crippen molar-refractivity contribution in [3.63, 3.8) is 0 Å². The van der Waals surface area contributed by atoms with Crippen LogP contribution in [0.15, 0.2) is 18.2 Å². The standard InChI is InChI=1S/C14H18ClFO2/c1-18-11-5-7-14(17,8-6-11)9-10-3-2-4-12(15)13(10)16/h2-4,11,17H,5-9H2,1H3. The number of benzene rings is 1. The SMILES string of the molecule is COC1CCC(O)(Cc2cccc(Cl)c2F)CC1. The number of rotatable bonds is 3. The number of aliphatic hydroxyl groups is 1. The Kier molecular flexibility index (Phi) is 4.25. The van der Waals surface area contributed by atoms with Crippen LogP contribution in [0.5, 0.6) is 0 Å². The second-order valence-corrected chi connectivity index (χ2v) is 5.46. The zero-order valence-electron chi connectivity index (χ0n) is 10.5. The van der Waals surface area contributed by atoms with E-state index in [2.05, 4.69) is 0 Å². The van der Waals surface area contributed by atoms with Crippen LogP contribution >= 0.6 is 11.6 Å². The minimum Gasteiger partial charge on any atom is -0.390 e. The first-order valence-electron chi connectivity index (χ1n) is 6.22. The Morgan fingerprint density at radius 3 is 2.72 bits per heavy atom. The number of halogens is 2. The Morgan fingerprint density at radius 1 is 1.44 bits per heavy atom. The van der Waals surface area contributed by atoms with E-state index in [1.165, 1.54) is 6.07 Å². The van der Waals surface area contributed by atoms with E-state index < -0.39 is 11.4 Å². The quantitative estimate of drug-likeness (QED) is 0.914. The zero-order valence-corrected chi connectivity index (χ0v) is 11.2. The third-order valence-corrected chi connectivity index (χ3v) is 4.04. The molecule has 100 valence electrons. The molecule has 0 aromatic heterocycles. The minimum absolute atomic E-state index is 0.113. The maximum absolute atomic E-state index is 13.8. The summed E-state index contributed by atoms with van der Waals surface area (Å²) >= 11 is 5.75. The molecule has 1 aromatic rings. The Balaban J connectivity index is 2.07. The van der Waals surface area contributed by atoms with Crippen LogP contribution in [0.2, 0.25) is 5.02 Å². The fourth-order valence-electron chi connectivity index (χ4n) is 2.58. The van der Waals surface area contributed by atoms with Gasteiger partial charge in [0.05, 0.1) is 16.7 Å². The first-order chi connectivity index (χ1) is 8.54. The molecule has 0 atom stereocenters. The fourth-order valence-corrected chi connectivity index (χ4v) is 2.77. The summed E-state index contributed by atoms with van der Waals surface area (Å²) in [6.45, 7) is 0. The summed E-state index contributed by atoms with van der Waals surface area (Å²) in [6.07, 6.45) is 3.43.